The molecular formula is C26H40O2. The lowest BCUT2D eigenvalue weighted by atomic mass is 9.68. The molecule has 0 aromatic heterocycles. The van der Waals surface area contributed by atoms with E-state index < -0.39 is 0 Å². The van der Waals surface area contributed by atoms with E-state index in [1.54, 1.807) is 0 Å². The minimum Gasteiger partial charge on any atom is -0.251 e. The van der Waals surface area contributed by atoms with E-state index in [1.807, 2.05) is 0 Å². The summed E-state index contributed by atoms with van der Waals surface area (Å²) < 4.78 is 0. The van der Waals surface area contributed by atoms with Crippen LogP contribution in [0.5, 0.6) is 0 Å². The molecule has 2 heteroatoms. The topological polar surface area (TPSA) is 29.5 Å². The summed E-state index contributed by atoms with van der Waals surface area (Å²) in [6.45, 7) is 2.41. The Hall–Kier alpha value is -0.860. The van der Waals surface area contributed by atoms with Crippen molar-refractivity contribution in [1.29, 1.82) is 0 Å². The van der Waals surface area contributed by atoms with Gasteiger partial charge >= 0.3 is 0 Å². The van der Waals surface area contributed by atoms with Gasteiger partial charge in [0.25, 0.3) is 0 Å². The van der Waals surface area contributed by atoms with Gasteiger partial charge in [0.1, 0.15) is 6.10 Å². The third-order valence-corrected chi connectivity index (χ3v) is 8.43. The van der Waals surface area contributed by atoms with E-state index in [2.05, 4.69) is 31.2 Å². The van der Waals surface area contributed by atoms with Gasteiger partial charge < -0.3 is 0 Å². The summed E-state index contributed by atoms with van der Waals surface area (Å²) in [5, 5.41) is 9.69. The van der Waals surface area contributed by atoms with Crippen LogP contribution in [0.2, 0.25) is 0 Å². The first-order valence-electron chi connectivity index (χ1n) is 12.1. The second-order valence-corrected chi connectivity index (χ2v) is 10.2. The molecule has 3 aliphatic carbocycles. The molecule has 3 saturated carbocycles. The molecule has 0 radical (unpaired) electrons. The number of hydrogen-bond acceptors (Lipinski definition) is 2. The van der Waals surface area contributed by atoms with Crippen LogP contribution in [0, 0.1) is 23.7 Å². The Morgan fingerprint density at radius 1 is 0.750 bits per heavy atom. The molecule has 0 aliphatic heterocycles. The summed E-state index contributed by atoms with van der Waals surface area (Å²) in [4.78, 5) is 5.06. The van der Waals surface area contributed by atoms with Crippen molar-refractivity contribution in [3.8, 4) is 0 Å². The summed E-state index contributed by atoms with van der Waals surface area (Å²) in [5.41, 5.74) is 2.65. The molecule has 0 amide bonds. The Morgan fingerprint density at radius 3 is 1.89 bits per heavy atom. The van der Waals surface area contributed by atoms with E-state index in [9.17, 15) is 5.26 Å². The van der Waals surface area contributed by atoms with Gasteiger partial charge in [-0.25, -0.2) is 4.89 Å². The molecule has 1 aromatic carbocycles. The molecule has 2 nitrogen and oxygen atoms in total. The molecule has 1 unspecified atom stereocenters. The number of rotatable bonds is 5. The average Bonchev–Trinajstić information content (AvgIpc) is 2.76. The van der Waals surface area contributed by atoms with Crippen LogP contribution in [0.25, 0.3) is 0 Å². The smallest absolute Gasteiger partial charge is 0.120 e. The van der Waals surface area contributed by atoms with Crippen LogP contribution in [0.4, 0.5) is 0 Å². The second-order valence-electron chi connectivity index (χ2n) is 10.2. The van der Waals surface area contributed by atoms with Gasteiger partial charge in [0.15, 0.2) is 0 Å². The molecule has 28 heavy (non-hydrogen) atoms. The van der Waals surface area contributed by atoms with Crippen molar-refractivity contribution in [3.05, 3.63) is 35.4 Å². The first kappa shape index (κ1) is 20.4. The van der Waals surface area contributed by atoms with Crippen LogP contribution in [0.15, 0.2) is 24.3 Å². The van der Waals surface area contributed by atoms with Crippen LogP contribution in [0.1, 0.15) is 114 Å². The van der Waals surface area contributed by atoms with Gasteiger partial charge in [-0.1, -0.05) is 63.3 Å². The Balaban J connectivity index is 1.33. The second kappa shape index (κ2) is 9.76. The zero-order valence-electron chi connectivity index (χ0n) is 17.8. The number of benzene rings is 1. The maximum absolute atomic E-state index is 9.69. The van der Waals surface area contributed by atoms with Crippen molar-refractivity contribution in [2.45, 2.75) is 102 Å². The van der Waals surface area contributed by atoms with E-state index in [4.69, 9.17) is 4.89 Å². The summed E-state index contributed by atoms with van der Waals surface area (Å²) in [6.07, 6.45) is 17.5. The van der Waals surface area contributed by atoms with Crippen molar-refractivity contribution >= 4 is 0 Å². The predicted octanol–water partition coefficient (Wildman–Crippen LogP) is 7.90. The van der Waals surface area contributed by atoms with Gasteiger partial charge in [0.05, 0.1) is 0 Å². The Bertz CT molecular complexity index is 573. The van der Waals surface area contributed by atoms with Crippen LogP contribution < -0.4 is 0 Å². The summed E-state index contributed by atoms with van der Waals surface area (Å²) in [5.74, 6) is 4.02. The third kappa shape index (κ3) is 4.82. The standard InChI is InChI=1S/C26H40O2/c1-19-7-9-21(10-8-19)23-13-17-25(18-14-23)26(28-27)24-15-11-22(12-16-24)20-5-3-2-4-6-20/h11-12,15-16,19-21,23,25-27H,2-10,13-14,17-18H2,1H3. The van der Waals surface area contributed by atoms with Crippen LogP contribution >= 0.6 is 0 Å². The summed E-state index contributed by atoms with van der Waals surface area (Å²) in [7, 11) is 0. The molecule has 4 rings (SSSR count). The van der Waals surface area contributed by atoms with Gasteiger partial charge in [-0.05, 0) is 92.1 Å². The van der Waals surface area contributed by atoms with Crippen LogP contribution in [-0.2, 0) is 4.89 Å². The molecule has 3 fully saturated rings. The molecule has 0 heterocycles. The average molecular weight is 385 g/mol. The van der Waals surface area contributed by atoms with Crippen molar-refractivity contribution in [3.63, 3.8) is 0 Å². The van der Waals surface area contributed by atoms with Gasteiger partial charge in [-0.2, -0.15) is 0 Å². The molecule has 156 valence electrons. The van der Waals surface area contributed by atoms with E-state index >= 15 is 0 Å². The predicted molar refractivity (Wildman–Crippen MR) is 115 cm³/mol. The minimum absolute atomic E-state index is 0.146. The number of hydrogen-bond donors (Lipinski definition) is 1. The molecular weight excluding hydrogens is 344 g/mol. The van der Waals surface area contributed by atoms with Gasteiger partial charge in [0, 0.05) is 0 Å². The summed E-state index contributed by atoms with van der Waals surface area (Å²) >= 11 is 0. The van der Waals surface area contributed by atoms with Crippen molar-refractivity contribution < 1.29 is 10.1 Å². The molecule has 1 aromatic rings. The lowest BCUT2D eigenvalue weighted by Gasteiger charge is -2.38. The first-order valence-corrected chi connectivity index (χ1v) is 12.1. The normalized spacial score (nSPS) is 33.5. The maximum atomic E-state index is 9.69. The monoisotopic (exact) mass is 384 g/mol. The first-order chi connectivity index (χ1) is 13.7. The Kier molecular flexibility index (Phi) is 7.12. The zero-order chi connectivity index (χ0) is 19.3. The quantitative estimate of drug-likeness (QED) is 0.413. The SMILES string of the molecule is CC1CCC(C2CCC(C(OO)c3ccc(C4CCCCC4)cc3)CC2)CC1. The van der Waals surface area contributed by atoms with Gasteiger partial charge in [-0.3, -0.25) is 5.26 Å². The largest absolute Gasteiger partial charge is 0.251 e. The molecule has 3 aliphatic rings. The van der Waals surface area contributed by atoms with E-state index in [0.717, 1.165) is 29.2 Å². The van der Waals surface area contributed by atoms with Gasteiger partial charge in [-0.15, -0.1) is 0 Å². The molecule has 0 spiro atoms. The fraction of sp³-hybridized carbons (Fsp3) is 0.769. The van der Waals surface area contributed by atoms with Crippen molar-refractivity contribution in [2.24, 2.45) is 23.7 Å². The van der Waals surface area contributed by atoms with Crippen molar-refractivity contribution in [1.82, 2.24) is 0 Å². The van der Waals surface area contributed by atoms with Crippen LogP contribution in [-0.4, -0.2) is 5.26 Å². The zero-order valence-corrected chi connectivity index (χ0v) is 17.8. The van der Waals surface area contributed by atoms with Gasteiger partial charge in [0.2, 0.25) is 0 Å². The molecule has 0 bridgehead atoms. The Morgan fingerprint density at radius 2 is 1.32 bits per heavy atom. The molecule has 1 N–H and O–H groups in total. The van der Waals surface area contributed by atoms with E-state index in [-0.39, 0.29) is 6.10 Å². The lowest BCUT2D eigenvalue weighted by molar-refractivity contribution is -0.296. The Labute approximate surface area is 172 Å². The van der Waals surface area contributed by atoms with E-state index in [0.29, 0.717) is 5.92 Å². The highest BCUT2D eigenvalue weighted by Gasteiger charge is 2.34. The highest BCUT2D eigenvalue weighted by Crippen LogP contribution is 2.45. The van der Waals surface area contributed by atoms with Crippen LogP contribution in [0.3, 0.4) is 0 Å². The highest BCUT2D eigenvalue weighted by molar-refractivity contribution is 5.27. The summed E-state index contributed by atoms with van der Waals surface area (Å²) in [6, 6.07) is 9.04. The highest BCUT2D eigenvalue weighted by atomic mass is 17.1. The van der Waals surface area contributed by atoms with Crippen molar-refractivity contribution in [2.75, 3.05) is 0 Å². The fourth-order valence-electron chi connectivity index (χ4n) is 6.49. The van der Waals surface area contributed by atoms with E-state index in [1.165, 1.54) is 89.0 Å². The molecule has 1 atom stereocenters. The lowest BCUT2D eigenvalue weighted by Crippen LogP contribution is -2.28. The minimum atomic E-state index is -0.146. The fourth-order valence-corrected chi connectivity index (χ4v) is 6.49. The molecule has 0 saturated heterocycles. The maximum Gasteiger partial charge on any atom is 0.120 e. The third-order valence-electron chi connectivity index (χ3n) is 8.43.